The second-order valence-corrected chi connectivity index (χ2v) is 16.0. The van der Waals surface area contributed by atoms with Crippen molar-refractivity contribution in [2.75, 3.05) is 0 Å². The third-order valence-electron chi connectivity index (χ3n) is 4.30. The fourth-order valence-electron chi connectivity index (χ4n) is 3.21. The van der Waals surface area contributed by atoms with Gasteiger partial charge in [-0.3, -0.25) is 0 Å². The van der Waals surface area contributed by atoms with Crippen molar-refractivity contribution in [3.63, 3.8) is 0 Å². The molecule has 0 aliphatic heterocycles. The van der Waals surface area contributed by atoms with Gasteiger partial charge in [-0.25, -0.2) is 0 Å². The van der Waals surface area contributed by atoms with Crippen LogP contribution in [0.1, 0.15) is 0 Å². The van der Waals surface area contributed by atoms with Crippen LogP contribution >= 0.6 is 5.99 Å². The topological polar surface area (TPSA) is 51.2 Å². The molecular formula is C21H19CoO3P. The quantitative estimate of drug-likeness (QED) is 0.445. The minimum atomic E-state index is -3.23. The van der Waals surface area contributed by atoms with Gasteiger partial charge in [-0.2, -0.15) is 0 Å². The Morgan fingerprint density at radius 3 is 1.00 bits per heavy atom. The average molecular weight is 409 g/mol. The standard InChI is InChI=1S/C18H15P.3CHO.Co/c1-4-10-16(11-5-1)19(17-12-6-2-7-13-17)18-14-8-3-9-15-18;3*1-2;/h1-15H;3*1H;/q;;;;-1/p+1. The van der Waals surface area contributed by atoms with Crippen LogP contribution in [0.3, 0.4) is 0 Å². The Balaban J connectivity index is 2.54. The second kappa shape index (κ2) is 7.88. The van der Waals surface area contributed by atoms with E-state index in [4.69, 9.17) is 0 Å². The van der Waals surface area contributed by atoms with Crippen molar-refractivity contribution in [2.45, 2.75) is 0 Å². The van der Waals surface area contributed by atoms with Crippen molar-refractivity contribution in [2.24, 2.45) is 0 Å². The molecule has 0 aliphatic rings. The van der Waals surface area contributed by atoms with Gasteiger partial charge in [-0.15, -0.1) is 0 Å². The maximum atomic E-state index is 12.3. The number of carbonyl (C=O) groups excluding carboxylic acids is 3. The van der Waals surface area contributed by atoms with Gasteiger partial charge in [0.1, 0.15) is 0 Å². The Hall–Kier alpha value is -2.39. The summed E-state index contributed by atoms with van der Waals surface area (Å²) >= 11 is -3.23. The van der Waals surface area contributed by atoms with Crippen molar-refractivity contribution in [3.05, 3.63) is 91.0 Å². The first-order valence-corrected chi connectivity index (χ1v) is 13.1. The van der Waals surface area contributed by atoms with Gasteiger partial charge in [-0.1, -0.05) is 0 Å². The van der Waals surface area contributed by atoms with Crippen LogP contribution in [-0.4, -0.2) is 15.7 Å². The average Bonchev–Trinajstić information content (AvgIpc) is 2.74. The van der Waals surface area contributed by atoms with E-state index in [0.717, 1.165) is 15.9 Å². The first-order valence-electron chi connectivity index (χ1n) is 7.93. The molecule has 0 aliphatic carbocycles. The van der Waals surface area contributed by atoms with E-state index >= 15 is 0 Å². The SMILES string of the molecule is O=[CH][Co]([CH]=O)([CH]=O)[PH](c1ccccc1)(c1ccccc1)c1ccccc1. The molecule has 0 aromatic heterocycles. The summed E-state index contributed by atoms with van der Waals surface area (Å²) in [6.07, 6.45) is 0. The van der Waals surface area contributed by atoms with Crippen molar-refractivity contribution in [1.29, 1.82) is 0 Å². The third-order valence-corrected chi connectivity index (χ3v) is 17.4. The monoisotopic (exact) mass is 409 g/mol. The van der Waals surface area contributed by atoms with Crippen molar-refractivity contribution in [3.8, 4) is 0 Å². The van der Waals surface area contributed by atoms with E-state index in [2.05, 4.69) is 0 Å². The molecule has 0 heterocycles. The van der Waals surface area contributed by atoms with E-state index in [9.17, 15) is 14.4 Å². The van der Waals surface area contributed by atoms with Gasteiger partial charge in [0.2, 0.25) is 0 Å². The van der Waals surface area contributed by atoms with Crippen LogP contribution in [0.4, 0.5) is 0 Å². The molecule has 3 rings (SSSR count). The van der Waals surface area contributed by atoms with Gasteiger partial charge < -0.3 is 0 Å². The molecular weight excluding hydrogens is 390 g/mol. The minimum absolute atomic E-state index is 0.629. The van der Waals surface area contributed by atoms with Crippen LogP contribution in [0, 0.1) is 0 Å². The molecule has 135 valence electrons. The normalized spacial score (nSPS) is 12.8. The first kappa shape index (κ1) is 18.4. The molecule has 3 nitrogen and oxygen atoms in total. The van der Waals surface area contributed by atoms with E-state index < -0.39 is 18.2 Å². The molecule has 0 saturated heterocycles. The van der Waals surface area contributed by atoms with E-state index in [1.54, 1.807) is 0 Å². The zero-order valence-corrected chi connectivity index (χ0v) is 16.0. The molecule has 5 heteroatoms. The summed E-state index contributed by atoms with van der Waals surface area (Å²) in [6.45, 7) is 0. The summed E-state index contributed by atoms with van der Waals surface area (Å²) in [4.78, 5) is 36.8. The van der Waals surface area contributed by atoms with E-state index in [1.165, 1.54) is 0 Å². The fraction of sp³-hybridized carbons (Fsp3) is 0. The molecule has 0 unspecified atom stereocenters. The zero-order valence-electron chi connectivity index (χ0n) is 14.0. The van der Waals surface area contributed by atoms with Crippen molar-refractivity contribution in [1.82, 2.24) is 0 Å². The third kappa shape index (κ3) is 2.76. The number of benzene rings is 3. The molecule has 0 atom stereocenters. The first-order chi connectivity index (χ1) is 12.7. The van der Waals surface area contributed by atoms with E-state index in [-0.39, 0.29) is 0 Å². The summed E-state index contributed by atoms with van der Waals surface area (Å²) in [7, 11) is 0. The molecule has 0 amide bonds. The number of hydrogen-bond donors (Lipinski definition) is 0. The Labute approximate surface area is 155 Å². The molecule has 0 bridgehead atoms. The Bertz CT molecular complexity index is 780. The summed E-state index contributed by atoms with van der Waals surface area (Å²) < 4.78 is 0. The van der Waals surface area contributed by atoms with Gasteiger partial charge in [-0.05, 0) is 0 Å². The zero-order chi connectivity index (χ0) is 18.5. The van der Waals surface area contributed by atoms with Crippen LogP contribution in [-0.2, 0) is 26.6 Å². The maximum absolute atomic E-state index is 12.3. The van der Waals surface area contributed by atoms with Crippen molar-refractivity contribution >= 4 is 37.6 Å². The molecule has 3 aromatic carbocycles. The van der Waals surface area contributed by atoms with Crippen LogP contribution in [0.25, 0.3) is 0 Å². The van der Waals surface area contributed by atoms with Crippen LogP contribution < -0.4 is 15.9 Å². The molecule has 0 saturated carbocycles. The van der Waals surface area contributed by atoms with Crippen LogP contribution in [0.15, 0.2) is 91.0 Å². The fourth-order valence-corrected chi connectivity index (χ4v) is 15.6. The summed E-state index contributed by atoms with van der Waals surface area (Å²) in [6, 6.07) is 28.6. The van der Waals surface area contributed by atoms with Gasteiger partial charge in [0, 0.05) is 0 Å². The van der Waals surface area contributed by atoms with Gasteiger partial charge in [0.05, 0.1) is 0 Å². The van der Waals surface area contributed by atoms with Gasteiger partial charge in [0.15, 0.2) is 0 Å². The second-order valence-electron chi connectivity index (χ2n) is 5.58. The van der Waals surface area contributed by atoms with E-state index in [0.29, 0.717) is 15.7 Å². The number of rotatable bonds is 7. The molecule has 0 spiro atoms. The Morgan fingerprint density at radius 1 is 0.500 bits per heavy atom. The molecule has 3 aromatic rings. The van der Waals surface area contributed by atoms with Crippen LogP contribution in [0.2, 0.25) is 0 Å². The van der Waals surface area contributed by atoms with E-state index in [1.807, 2.05) is 91.0 Å². The molecule has 0 N–H and O–H groups in total. The number of carbonyl (C=O) groups is 3. The number of hydrogen-bond acceptors (Lipinski definition) is 3. The summed E-state index contributed by atoms with van der Waals surface area (Å²) in [5.74, 6) is -3.20. The predicted molar refractivity (Wildman–Crippen MR) is 107 cm³/mol. The Kier molecular flexibility index (Phi) is 5.57. The van der Waals surface area contributed by atoms with Gasteiger partial charge in [0.25, 0.3) is 0 Å². The molecule has 0 fully saturated rings. The Morgan fingerprint density at radius 2 is 0.769 bits per heavy atom. The predicted octanol–water partition coefficient (Wildman–Crippen LogP) is 2.35. The van der Waals surface area contributed by atoms with Crippen molar-refractivity contribution < 1.29 is 26.6 Å². The van der Waals surface area contributed by atoms with Gasteiger partial charge >= 0.3 is 155 Å². The summed E-state index contributed by atoms with van der Waals surface area (Å²) in [5.41, 5.74) is 0. The molecule has 26 heavy (non-hydrogen) atoms. The summed E-state index contributed by atoms with van der Waals surface area (Å²) in [5, 5.41) is 4.54. The van der Waals surface area contributed by atoms with Crippen LogP contribution in [0.5, 0.6) is 0 Å². The molecule has 0 radical (unpaired) electrons.